The lowest BCUT2D eigenvalue weighted by Gasteiger charge is -2.01. The Kier molecular flexibility index (Phi) is 3.69. The van der Waals surface area contributed by atoms with Crippen LogP contribution < -0.4 is 0 Å². The van der Waals surface area contributed by atoms with E-state index in [4.69, 9.17) is 23.2 Å². The molecule has 0 fully saturated rings. The van der Waals surface area contributed by atoms with Crippen molar-refractivity contribution >= 4 is 33.4 Å². The molecular formula is C7H6Cl2FNO2S. The highest BCUT2D eigenvalue weighted by atomic mass is 35.5. The molecule has 0 aliphatic heterocycles. The second-order valence-electron chi connectivity index (χ2n) is 2.58. The van der Waals surface area contributed by atoms with Crippen LogP contribution >= 0.6 is 23.2 Å². The number of halogens is 3. The van der Waals surface area contributed by atoms with Crippen molar-refractivity contribution in [1.82, 2.24) is 4.98 Å². The summed E-state index contributed by atoms with van der Waals surface area (Å²) < 4.78 is 32.6. The first-order chi connectivity index (χ1) is 6.38. The minimum atomic E-state index is -4.47. The highest BCUT2D eigenvalue weighted by Gasteiger charge is 2.10. The number of pyridine rings is 1. The zero-order chi connectivity index (χ0) is 10.8. The fraction of sp³-hybridized carbons (Fsp3) is 0.286. The molecule has 0 saturated heterocycles. The predicted octanol–water partition coefficient (Wildman–Crippen LogP) is 2.23. The van der Waals surface area contributed by atoms with E-state index in [1.165, 1.54) is 12.1 Å². The van der Waals surface area contributed by atoms with Gasteiger partial charge in [-0.2, -0.15) is 8.42 Å². The molecule has 0 N–H and O–H groups in total. The van der Waals surface area contributed by atoms with Gasteiger partial charge in [0, 0.05) is 0 Å². The summed E-state index contributed by atoms with van der Waals surface area (Å²) in [5.41, 5.74) is 0.456. The smallest absolute Gasteiger partial charge is 0.224 e. The zero-order valence-electron chi connectivity index (χ0n) is 6.87. The summed E-state index contributed by atoms with van der Waals surface area (Å²) in [6.07, 6.45) is -0.0121. The lowest BCUT2D eigenvalue weighted by atomic mass is 10.2. The second-order valence-corrected chi connectivity index (χ2v) is 4.81. The maximum atomic E-state index is 12.2. The topological polar surface area (TPSA) is 47.0 Å². The Morgan fingerprint density at radius 3 is 2.50 bits per heavy atom. The van der Waals surface area contributed by atoms with Crippen LogP contribution in [0.15, 0.2) is 12.1 Å². The summed E-state index contributed by atoms with van der Waals surface area (Å²) in [6.45, 7) is 0. The van der Waals surface area contributed by atoms with Crippen LogP contribution in [-0.2, 0) is 16.6 Å². The van der Waals surface area contributed by atoms with Gasteiger partial charge in [-0.05, 0) is 18.1 Å². The van der Waals surface area contributed by atoms with Gasteiger partial charge in [-0.3, -0.25) is 0 Å². The molecule has 0 saturated carbocycles. The minimum Gasteiger partial charge on any atom is -0.224 e. The normalized spacial score (nSPS) is 11.6. The van der Waals surface area contributed by atoms with Crippen molar-refractivity contribution < 1.29 is 12.3 Å². The van der Waals surface area contributed by atoms with E-state index in [-0.39, 0.29) is 16.7 Å². The molecule has 1 heterocycles. The van der Waals surface area contributed by atoms with E-state index >= 15 is 0 Å². The molecule has 3 nitrogen and oxygen atoms in total. The number of rotatable bonds is 3. The first-order valence-corrected chi connectivity index (χ1v) is 5.92. The highest BCUT2D eigenvalue weighted by Crippen LogP contribution is 2.17. The number of aryl methyl sites for hydroxylation is 1. The van der Waals surface area contributed by atoms with Crippen LogP contribution in [0, 0.1) is 0 Å². The van der Waals surface area contributed by atoms with E-state index in [0.717, 1.165) is 0 Å². The molecule has 14 heavy (non-hydrogen) atoms. The fourth-order valence-electron chi connectivity index (χ4n) is 0.859. The van der Waals surface area contributed by atoms with Gasteiger partial charge in [0.2, 0.25) is 0 Å². The number of hydrogen-bond acceptors (Lipinski definition) is 3. The summed E-state index contributed by atoms with van der Waals surface area (Å²) in [6, 6.07) is 2.98. The summed E-state index contributed by atoms with van der Waals surface area (Å²) in [7, 11) is -4.47. The standard InChI is InChI=1S/C7H6Cl2FNO2S/c8-6-2-1-5(7(9)11-6)3-4-14(10,12)13/h1-2H,3-4H2. The summed E-state index contributed by atoms with van der Waals surface area (Å²) in [4.78, 5) is 3.69. The van der Waals surface area contributed by atoms with Gasteiger partial charge in [0.1, 0.15) is 10.3 Å². The molecule has 1 aromatic heterocycles. The molecule has 0 unspecified atom stereocenters. The zero-order valence-corrected chi connectivity index (χ0v) is 9.20. The summed E-state index contributed by atoms with van der Waals surface area (Å²) in [5.74, 6) is -0.601. The third-order valence-electron chi connectivity index (χ3n) is 1.51. The van der Waals surface area contributed by atoms with Crippen molar-refractivity contribution in [1.29, 1.82) is 0 Å². The van der Waals surface area contributed by atoms with Gasteiger partial charge < -0.3 is 0 Å². The summed E-state index contributed by atoms with van der Waals surface area (Å²) >= 11 is 11.2. The Morgan fingerprint density at radius 1 is 1.36 bits per heavy atom. The van der Waals surface area contributed by atoms with Crippen LogP contribution in [0.2, 0.25) is 10.3 Å². The van der Waals surface area contributed by atoms with E-state index in [9.17, 15) is 12.3 Å². The van der Waals surface area contributed by atoms with Crippen LogP contribution in [-0.4, -0.2) is 19.2 Å². The molecular weight excluding hydrogens is 252 g/mol. The monoisotopic (exact) mass is 257 g/mol. The molecule has 0 aliphatic carbocycles. The van der Waals surface area contributed by atoms with Gasteiger partial charge in [0.05, 0.1) is 5.75 Å². The quantitative estimate of drug-likeness (QED) is 0.617. The molecule has 0 atom stereocenters. The van der Waals surface area contributed by atoms with Crippen molar-refractivity contribution in [3.8, 4) is 0 Å². The number of hydrogen-bond donors (Lipinski definition) is 0. The molecule has 7 heteroatoms. The lowest BCUT2D eigenvalue weighted by molar-refractivity contribution is 0.551. The third kappa shape index (κ3) is 3.77. The highest BCUT2D eigenvalue weighted by molar-refractivity contribution is 7.86. The van der Waals surface area contributed by atoms with Gasteiger partial charge >= 0.3 is 10.2 Å². The fourth-order valence-corrected chi connectivity index (χ4v) is 1.76. The Balaban J connectivity index is 2.78. The first-order valence-electron chi connectivity index (χ1n) is 3.62. The molecule has 0 spiro atoms. The van der Waals surface area contributed by atoms with Crippen molar-refractivity contribution in [2.24, 2.45) is 0 Å². The number of aromatic nitrogens is 1. The van der Waals surface area contributed by atoms with Crippen molar-refractivity contribution in [3.05, 3.63) is 28.0 Å². The Morgan fingerprint density at radius 2 is 2.00 bits per heavy atom. The van der Waals surface area contributed by atoms with E-state index in [1.807, 2.05) is 0 Å². The van der Waals surface area contributed by atoms with Gasteiger partial charge in [-0.1, -0.05) is 29.3 Å². The van der Waals surface area contributed by atoms with Crippen LogP contribution in [0.5, 0.6) is 0 Å². The van der Waals surface area contributed by atoms with Gasteiger partial charge in [-0.15, -0.1) is 3.89 Å². The van der Waals surface area contributed by atoms with E-state index < -0.39 is 16.0 Å². The SMILES string of the molecule is O=S(=O)(F)CCc1ccc(Cl)nc1Cl. The second kappa shape index (κ2) is 4.42. The first kappa shape index (κ1) is 11.7. The maximum absolute atomic E-state index is 12.2. The average Bonchev–Trinajstić information content (AvgIpc) is 2.00. The molecule has 0 aliphatic rings. The third-order valence-corrected chi connectivity index (χ3v) is 2.74. The molecule has 0 aromatic carbocycles. The van der Waals surface area contributed by atoms with E-state index in [1.54, 1.807) is 0 Å². The van der Waals surface area contributed by atoms with Crippen LogP contribution in [0.3, 0.4) is 0 Å². The molecule has 1 aromatic rings. The molecule has 78 valence electrons. The Labute approximate surface area is 91.1 Å². The molecule has 0 amide bonds. The molecule has 0 radical (unpaired) electrons. The summed E-state index contributed by atoms with van der Waals surface area (Å²) in [5, 5.41) is 0.308. The minimum absolute atomic E-state index is 0.0121. The maximum Gasteiger partial charge on any atom is 0.302 e. The Hall–Kier alpha value is -0.390. The van der Waals surface area contributed by atoms with Crippen LogP contribution in [0.1, 0.15) is 5.56 Å². The molecule has 1 rings (SSSR count). The molecule has 0 bridgehead atoms. The van der Waals surface area contributed by atoms with Crippen molar-refractivity contribution in [2.75, 3.05) is 5.75 Å². The van der Waals surface area contributed by atoms with Crippen molar-refractivity contribution in [2.45, 2.75) is 6.42 Å². The van der Waals surface area contributed by atoms with Gasteiger partial charge in [0.25, 0.3) is 0 Å². The van der Waals surface area contributed by atoms with Crippen LogP contribution in [0.4, 0.5) is 3.89 Å². The Bertz CT molecular complexity index is 435. The van der Waals surface area contributed by atoms with Gasteiger partial charge in [0.15, 0.2) is 0 Å². The average molecular weight is 258 g/mol. The largest absolute Gasteiger partial charge is 0.302 e. The predicted molar refractivity (Wildman–Crippen MR) is 52.9 cm³/mol. The van der Waals surface area contributed by atoms with Crippen LogP contribution in [0.25, 0.3) is 0 Å². The van der Waals surface area contributed by atoms with Gasteiger partial charge in [-0.25, -0.2) is 4.98 Å². The number of nitrogens with zero attached hydrogens (tertiary/aromatic N) is 1. The lowest BCUT2D eigenvalue weighted by Crippen LogP contribution is -2.03. The van der Waals surface area contributed by atoms with Crippen molar-refractivity contribution in [3.63, 3.8) is 0 Å². The van der Waals surface area contributed by atoms with E-state index in [2.05, 4.69) is 4.98 Å². The van der Waals surface area contributed by atoms with E-state index in [0.29, 0.717) is 5.56 Å².